The second-order valence-corrected chi connectivity index (χ2v) is 10.1. The van der Waals surface area contributed by atoms with Crippen LogP contribution in [0.25, 0.3) is 11.1 Å². The van der Waals surface area contributed by atoms with Gasteiger partial charge in [-0.1, -0.05) is 61.9 Å². The molecule has 3 aliphatic rings. The van der Waals surface area contributed by atoms with Crippen LogP contribution in [-0.2, 0) is 14.3 Å². The zero-order chi connectivity index (χ0) is 24.5. The summed E-state index contributed by atoms with van der Waals surface area (Å²) in [7, 11) is 0. The molecule has 2 amide bonds. The monoisotopic (exact) mass is 476 g/mol. The number of carboxylic acids is 1. The summed E-state index contributed by atoms with van der Waals surface area (Å²) in [6.45, 7) is 2.16. The second kappa shape index (κ2) is 9.72. The van der Waals surface area contributed by atoms with Gasteiger partial charge in [0, 0.05) is 12.0 Å². The van der Waals surface area contributed by atoms with E-state index in [9.17, 15) is 19.5 Å². The lowest BCUT2D eigenvalue weighted by molar-refractivity contribution is -0.141. The Hall–Kier alpha value is -3.35. The molecule has 3 N–H and O–H groups in total. The van der Waals surface area contributed by atoms with Crippen molar-refractivity contribution in [2.75, 3.05) is 6.61 Å². The standard InChI is InChI=1S/C28H32N2O5/c1-2-7-24(26(31)29-25-14-16-12-17(27(32)33)13-22(16)25)30-28(34)35-15-23-20-10-5-3-8-18(20)19-9-4-6-11-21(19)23/h3-6,8-11,16-17,22-25H,2,7,12-15H2,1H3,(H,29,31)(H,30,34)(H,32,33)/t16?,17?,22?,24-,25?/m1/s1. The van der Waals surface area contributed by atoms with E-state index in [-0.39, 0.29) is 36.3 Å². The first-order chi connectivity index (χ1) is 17.0. The van der Waals surface area contributed by atoms with E-state index in [1.165, 1.54) is 0 Å². The molecule has 35 heavy (non-hydrogen) atoms. The highest BCUT2D eigenvalue weighted by atomic mass is 16.5. The number of carbonyl (C=O) groups is 3. The summed E-state index contributed by atoms with van der Waals surface area (Å²) in [4.78, 5) is 37.0. The maximum Gasteiger partial charge on any atom is 0.407 e. The number of ether oxygens (including phenoxy) is 1. The van der Waals surface area contributed by atoms with Gasteiger partial charge in [-0.15, -0.1) is 0 Å². The average molecular weight is 477 g/mol. The number of amides is 2. The molecule has 0 aromatic heterocycles. The van der Waals surface area contributed by atoms with Crippen molar-refractivity contribution in [2.45, 2.75) is 57.0 Å². The number of carboxylic acid groups (broad SMARTS) is 1. The molecule has 184 valence electrons. The van der Waals surface area contributed by atoms with Gasteiger partial charge >= 0.3 is 12.1 Å². The van der Waals surface area contributed by atoms with Gasteiger partial charge < -0.3 is 20.5 Å². The predicted molar refractivity (Wildman–Crippen MR) is 131 cm³/mol. The smallest absolute Gasteiger partial charge is 0.407 e. The third-order valence-electron chi connectivity index (χ3n) is 8.03. The van der Waals surface area contributed by atoms with Crippen molar-refractivity contribution >= 4 is 18.0 Å². The average Bonchev–Trinajstić information content (AvgIpc) is 3.36. The predicted octanol–water partition coefficient (Wildman–Crippen LogP) is 4.31. The Morgan fingerprint density at radius 3 is 2.29 bits per heavy atom. The first-order valence-corrected chi connectivity index (χ1v) is 12.6. The molecule has 5 atom stereocenters. The van der Waals surface area contributed by atoms with E-state index in [1.54, 1.807) is 0 Å². The zero-order valence-corrected chi connectivity index (χ0v) is 19.9. The van der Waals surface area contributed by atoms with Crippen LogP contribution in [0.3, 0.4) is 0 Å². The number of hydrogen-bond donors (Lipinski definition) is 3. The molecular weight excluding hydrogens is 444 g/mol. The van der Waals surface area contributed by atoms with Crippen LogP contribution in [0.5, 0.6) is 0 Å². The Kier molecular flexibility index (Phi) is 6.50. The van der Waals surface area contributed by atoms with Crippen LogP contribution in [0.2, 0.25) is 0 Å². The largest absolute Gasteiger partial charge is 0.481 e. The highest BCUT2D eigenvalue weighted by molar-refractivity contribution is 5.86. The molecule has 2 aromatic carbocycles. The minimum Gasteiger partial charge on any atom is -0.481 e. The Bertz CT molecular complexity index is 1090. The molecule has 7 nitrogen and oxygen atoms in total. The lowest BCUT2D eigenvalue weighted by Gasteiger charge is -2.41. The molecule has 0 aliphatic heterocycles. The quantitative estimate of drug-likeness (QED) is 0.527. The molecule has 0 radical (unpaired) electrons. The van der Waals surface area contributed by atoms with Crippen molar-refractivity contribution in [1.82, 2.24) is 10.6 Å². The molecule has 4 unspecified atom stereocenters. The Morgan fingerprint density at radius 2 is 1.66 bits per heavy atom. The van der Waals surface area contributed by atoms with Gasteiger partial charge in [0.2, 0.25) is 5.91 Å². The number of hydrogen-bond acceptors (Lipinski definition) is 4. The fourth-order valence-electron chi connectivity index (χ4n) is 6.22. The van der Waals surface area contributed by atoms with Crippen LogP contribution in [0.4, 0.5) is 4.79 Å². The highest BCUT2D eigenvalue weighted by Crippen LogP contribution is 2.50. The van der Waals surface area contributed by atoms with Gasteiger partial charge in [0.25, 0.3) is 0 Å². The van der Waals surface area contributed by atoms with Crippen molar-refractivity contribution in [3.05, 3.63) is 59.7 Å². The van der Waals surface area contributed by atoms with E-state index in [0.29, 0.717) is 25.2 Å². The molecule has 0 heterocycles. The van der Waals surface area contributed by atoms with Crippen molar-refractivity contribution in [2.24, 2.45) is 17.8 Å². The number of carbonyl (C=O) groups excluding carboxylic acids is 2. The van der Waals surface area contributed by atoms with Gasteiger partial charge in [0.05, 0.1) is 5.92 Å². The second-order valence-electron chi connectivity index (χ2n) is 10.1. The van der Waals surface area contributed by atoms with Gasteiger partial charge in [-0.05, 0) is 59.8 Å². The van der Waals surface area contributed by atoms with Crippen molar-refractivity contribution in [3.8, 4) is 11.1 Å². The van der Waals surface area contributed by atoms with E-state index >= 15 is 0 Å². The SMILES string of the molecule is CCC[C@@H](NC(=O)OCC1c2ccccc2-c2ccccc21)C(=O)NC1CC2CC(C(=O)O)CC21. The topological polar surface area (TPSA) is 105 Å². The van der Waals surface area contributed by atoms with Crippen LogP contribution in [0, 0.1) is 17.8 Å². The van der Waals surface area contributed by atoms with Crippen LogP contribution < -0.4 is 10.6 Å². The Balaban J connectivity index is 1.17. The Labute approximate surface area is 205 Å². The van der Waals surface area contributed by atoms with Crippen molar-refractivity contribution in [1.29, 1.82) is 0 Å². The molecule has 2 fully saturated rings. The lowest BCUT2D eigenvalue weighted by atomic mass is 9.71. The first-order valence-electron chi connectivity index (χ1n) is 12.6. The van der Waals surface area contributed by atoms with E-state index in [1.807, 2.05) is 31.2 Å². The highest BCUT2D eigenvalue weighted by Gasteiger charge is 2.50. The fraction of sp³-hybridized carbons (Fsp3) is 0.464. The van der Waals surface area contributed by atoms with Crippen molar-refractivity contribution in [3.63, 3.8) is 0 Å². The van der Waals surface area contributed by atoms with E-state index in [0.717, 1.165) is 35.1 Å². The normalized spacial score (nSPS) is 24.9. The van der Waals surface area contributed by atoms with Crippen LogP contribution in [-0.4, -0.2) is 41.8 Å². The Morgan fingerprint density at radius 1 is 1.00 bits per heavy atom. The van der Waals surface area contributed by atoms with Crippen LogP contribution >= 0.6 is 0 Å². The number of rotatable bonds is 8. The third-order valence-corrected chi connectivity index (χ3v) is 8.03. The summed E-state index contributed by atoms with van der Waals surface area (Å²) in [5.41, 5.74) is 4.60. The summed E-state index contributed by atoms with van der Waals surface area (Å²) >= 11 is 0. The number of nitrogens with one attached hydrogen (secondary N) is 2. The number of benzene rings is 2. The maximum absolute atomic E-state index is 13.0. The minimum absolute atomic E-state index is 0.0134. The first kappa shape index (κ1) is 23.4. The molecule has 7 heteroatoms. The maximum atomic E-state index is 13.0. The molecule has 5 rings (SSSR count). The summed E-state index contributed by atoms with van der Waals surface area (Å²) in [6, 6.07) is 15.6. The number of aliphatic carboxylic acids is 1. The summed E-state index contributed by atoms with van der Waals surface area (Å²) < 4.78 is 5.63. The van der Waals surface area contributed by atoms with Crippen LogP contribution in [0.15, 0.2) is 48.5 Å². The van der Waals surface area contributed by atoms with Gasteiger partial charge in [-0.2, -0.15) is 0 Å². The summed E-state index contributed by atoms with van der Waals surface area (Å²) in [5.74, 6) is -0.717. The zero-order valence-electron chi connectivity index (χ0n) is 19.9. The van der Waals surface area contributed by atoms with Crippen molar-refractivity contribution < 1.29 is 24.2 Å². The minimum atomic E-state index is -0.745. The summed E-state index contributed by atoms with van der Waals surface area (Å²) in [6.07, 6.45) is 2.77. The van der Waals surface area contributed by atoms with Gasteiger partial charge in [-0.3, -0.25) is 9.59 Å². The van der Waals surface area contributed by atoms with Gasteiger partial charge in [-0.25, -0.2) is 4.79 Å². The van der Waals surface area contributed by atoms with Gasteiger partial charge in [0.15, 0.2) is 0 Å². The molecular formula is C28H32N2O5. The third kappa shape index (κ3) is 4.51. The lowest BCUT2D eigenvalue weighted by Crippen LogP contribution is -2.56. The fourth-order valence-corrected chi connectivity index (χ4v) is 6.22. The summed E-state index contributed by atoms with van der Waals surface area (Å²) in [5, 5.41) is 15.1. The number of fused-ring (bicyclic) bond motifs is 4. The van der Waals surface area contributed by atoms with E-state index < -0.39 is 18.1 Å². The number of alkyl carbamates (subject to hydrolysis) is 1. The molecule has 0 spiro atoms. The molecule has 2 aromatic rings. The molecule has 0 bridgehead atoms. The molecule has 0 saturated heterocycles. The van der Waals surface area contributed by atoms with E-state index in [4.69, 9.17) is 4.74 Å². The molecule has 2 saturated carbocycles. The molecule has 3 aliphatic carbocycles. The van der Waals surface area contributed by atoms with E-state index in [2.05, 4.69) is 34.9 Å². The van der Waals surface area contributed by atoms with Crippen LogP contribution in [0.1, 0.15) is 56.1 Å². The van der Waals surface area contributed by atoms with Gasteiger partial charge in [0.1, 0.15) is 12.6 Å².